The van der Waals surface area contributed by atoms with E-state index in [9.17, 15) is 63.0 Å². The van der Waals surface area contributed by atoms with Gasteiger partial charge < -0.3 is 24.9 Å². The second-order valence-electron chi connectivity index (χ2n) is 24.6. The van der Waals surface area contributed by atoms with Crippen molar-refractivity contribution in [3.05, 3.63) is 100 Å². The summed E-state index contributed by atoms with van der Waals surface area (Å²) >= 11 is 1.53. The van der Waals surface area contributed by atoms with E-state index >= 15 is 0 Å². The normalized spacial score (nSPS) is 20.3. The average Bonchev–Trinajstić information content (AvgIpc) is 1.63. The molecule has 29 heteroatoms. The number of likely N-dealkylation sites (tertiary alicyclic amines) is 4. The van der Waals surface area contributed by atoms with E-state index < -0.39 is 67.8 Å². The minimum Gasteiger partial charge on any atom is -0.389 e. The lowest BCUT2D eigenvalue weighted by Crippen LogP contribution is -2.57. The molecule has 19 nitrogen and oxygen atoms in total. The van der Waals surface area contributed by atoms with Crippen LogP contribution in [0.25, 0.3) is 22.5 Å². The number of thioether (sulfide) groups is 2. The first-order valence-electron chi connectivity index (χ1n) is 30.9. The summed E-state index contributed by atoms with van der Waals surface area (Å²) in [7, 11) is -7.68. The highest BCUT2D eigenvalue weighted by molar-refractivity contribution is 8.00. The number of aromatic nitrogens is 5. The number of rotatable bonds is 20. The molecule has 2 aromatic carbocycles. The second kappa shape index (κ2) is 27.5. The van der Waals surface area contributed by atoms with Crippen molar-refractivity contribution in [2.45, 2.75) is 143 Å². The number of sulfonamides is 2. The van der Waals surface area contributed by atoms with Gasteiger partial charge in [0.15, 0.2) is 0 Å². The topological polar surface area (TPSA) is 211 Å². The van der Waals surface area contributed by atoms with Crippen LogP contribution in [0, 0.1) is 0 Å². The molecule has 9 heterocycles. The van der Waals surface area contributed by atoms with E-state index in [1.807, 2.05) is 18.2 Å². The molecular formula is C61H77F6N11O8S4. The predicted octanol–water partition coefficient (Wildman–Crippen LogP) is 7.61. The summed E-state index contributed by atoms with van der Waals surface area (Å²) in [5.41, 5.74) is 1.58. The molecule has 2 amide bonds. The Hall–Kier alpha value is -5.11. The van der Waals surface area contributed by atoms with Crippen LogP contribution in [0.3, 0.4) is 0 Å². The van der Waals surface area contributed by atoms with E-state index in [0.717, 1.165) is 98.8 Å². The number of piperidine rings is 2. The van der Waals surface area contributed by atoms with Gasteiger partial charge in [0.25, 0.3) is 0 Å². The zero-order chi connectivity index (χ0) is 63.9. The third-order valence-electron chi connectivity index (χ3n) is 18.6. The van der Waals surface area contributed by atoms with Crippen LogP contribution in [0.4, 0.5) is 26.3 Å². The number of carbonyl (C=O) groups excluding carboxylic acids is 2. The van der Waals surface area contributed by atoms with Crippen molar-refractivity contribution < 1.29 is 63.0 Å². The Labute approximate surface area is 529 Å². The molecule has 0 saturated carbocycles. The van der Waals surface area contributed by atoms with Gasteiger partial charge >= 0.3 is 12.4 Å². The molecule has 4 atom stereocenters. The van der Waals surface area contributed by atoms with Crippen molar-refractivity contribution >= 4 is 55.4 Å². The van der Waals surface area contributed by atoms with Crippen LogP contribution < -0.4 is 0 Å². The van der Waals surface area contributed by atoms with Crippen LogP contribution >= 0.6 is 23.5 Å². The summed E-state index contributed by atoms with van der Waals surface area (Å²) in [6.45, 7) is 3.57. The molecule has 90 heavy (non-hydrogen) atoms. The molecule has 4 unspecified atom stereocenters. The van der Waals surface area contributed by atoms with E-state index in [2.05, 4.69) is 14.8 Å². The van der Waals surface area contributed by atoms with E-state index in [4.69, 9.17) is 10.2 Å². The zero-order valence-corrected chi connectivity index (χ0v) is 53.7. The first-order valence-corrected chi connectivity index (χ1v) is 36.5. The lowest BCUT2D eigenvalue weighted by atomic mass is 9.88. The molecule has 11 rings (SSSR count). The summed E-state index contributed by atoms with van der Waals surface area (Å²) in [5, 5.41) is 37.2. The highest BCUT2D eigenvalue weighted by Crippen LogP contribution is 2.45. The number of halogens is 6. The summed E-state index contributed by atoms with van der Waals surface area (Å²) in [4.78, 5) is 38.3. The fourth-order valence-corrected chi connectivity index (χ4v) is 17.5. The van der Waals surface area contributed by atoms with Gasteiger partial charge in [-0.3, -0.25) is 28.8 Å². The number of hydrogen-bond acceptors (Lipinski definition) is 15. The molecule has 4 saturated heterocycles. The minimum absolute atomic E-state index is 0.00700. The molecule has 0 radical (unpaired) electrons. The van der Waals surface area contributed by atoms with Crippen molar-refractivity contribution in [3.8, 4) is 22.5 Å². The quantitative estimate of drug-likeness (QED) is 0.0568. The number of fused-ring (bicyclic) bond motifs is 2. The van der Waals surface area contributed by atoms with Gasteiger partial charge in [-0.2, -0.15) is 45.2 Å². The van der Waals surface area contributed by atoms with Gasteiger partial charge in [0.2, 0.25) is 31.9 Å². The summed E-state index contributed by atoms with van der Waals surface area (Å²) in [5.74, 6) is -1.08. The van der Waals surface area contributed by atoms with Crippen LogP contribution in [0.2, 0.25) is 0 Å². The Morgan fingerprint density at radius 3 is 1.59 bits per heavy atom. The van der Waals surface area contributed by atoms with E-state index in [1.54, 1.807) is 25.4 Å². The van der Waals surface area contributed by atoms with Crippen LogP contribution in [0.1, 0.15) is 109 Å². The van der Waals surface area contributed by atoms with Crippen LogP contribution in [-0.2, 0) is 74.5 Å². The van der Waals surface area contributed by atoms with Crippen LogP contribution in [0.5, 0.6) is 0 Å². The van der Waals surface area contributed by atoms with Gasteiger partial charge in [-0.25, -0.2) is 16.8 Å². The molecule has 6 aliphatic rings. The van der Waals surface area contributed by atoms with Gasteiger partial charge in [0.1, 0.15) is 0 Å². The fraction of sp³-hybridized carbons (Fsp3) is 0.590. The number of hydrogen-bond donors (Lipinski definition) is 2. The van der Waals surface area contributed by atoms with Gasteiger partial charge in [0.05, 0.1) is 77.4 Å². The highest BCUT2D eigenvalue weighted by atomic mass is 32.2. The smallest absolute Gasteiger partial charge is 0.389 e. The maximum atomic E-state index is 14.9. The van der Waals surface area contributed by atoms with Crippen molar-refractivity contribution in [1.29, 1.82) is 0 Å². The Kier molecular flexibility index (Phi) is 20.2. The standard InChI is InChI=1S/C61H77F6N11O8S4/c1-89(83,84)75-30-19-48-43(34-75)56(41-13-15-45(60(62,63)64)52(32-41)87-38-54(81)72-24-8-9-25-72)69-77(48)37-51(80)58(74-28-17-40(18-29-74)47-12-4-5-21-68-47)59(50(79)36-71-22-6-3-7-23-71)78-49-20-31-76(90(2,85)86)35-44(49)57(70-78)42-14-16-46(61(65,66)67)53(33-42)88-39-55(82)73-26-10-11-27-73/h4-5,12-16,21,32-33,40,50-51,58-59,79-80H,3,6-11,17-20,22-31,34-39H2,1-2H3. The lowest BCUT2D eigenvalue weighted by molar-refractivity contribution is -0.140. The fourth-order valence-electron chi connectivity index (χ4n) is 13.9. The minimum atomic E-state index is -4.81. The summed E-state index contributed by atoms with van der Waals surface area (Å²) < 4.78 is 148. The molecule has 2 N–H and O–H groups in total. The Morgan fingerprint density at radius 1 is 0.600 bits per heavy atom. The summed E-state index contributed by atoms with van der Waals surface area (Å²) in [6.07, 6.45) is -1.28. The summed E-state index contributed by atoms with van der Waals surface area (Å²) in [6, 6.07) is 10.6. The molecule has 4 fully saturated rings. The number of carbonyl (C=O) groups is 2. The first kappa shape index (κ1) is 66.3. The van der Waals surface area contributed by atoms with E-state index in [1.165, 1.54) is 32.9 Å². The number of pyridine rings is 1. The zero-order valence-electron chi connectivity index (χ0n) is 50.4. The Balaban J connectivity index is 1.04. The molecule has 5 aromatic rings. The van der Waals surface area contributed by atoms with Crippen molar-refractivity contribution in [2.75, 3.05) is 96.0 Å². The number of amides is 2. The maximum Gasteiger partial charge on any atom is 0.417 e. The monoisotopic (exact) mass is 1330 g/mol. The number of aliphatic hydroxyl groups excluding tert-OH is 2. The largest absolute Gasteiger partial charge is 0.417 e. The van der Waals surface area contributed by atoms with Gasteiger partial charge in [0, 0.05) is 133 Å². The number of nitrogens with zero attached hydrogens (tertiary/aromatic N) is 11. The SMILES string of the molecule is CS(=O)(=O)N1CCc2c(c(-c3ccc(C(F)(F)F)c(SCC(=O)N4CCCC4)c3)nn2CC(O)C(C(C(O)CN2CCCCC2)n2nc(-c3ccc(C(F)(F)F)c(SCC(=O)N4CCCC4)c3)c3c2CCN(S(C)(=O)=O)C3)N2CCC(c3ccccn3)CC2)C1. The predicted molar refractivity (Wildman–Crippen MR) is 329 cm³/mol. The molecule has 0 spiro atoms. The molecule has 0 bridgehead atoms. The Morgan fingerprint density at radius 2 is 1.09 bits per heavy atom. The van der Waals surface area contributed by atoms with Crippen LogP contribution in [0.15, 0.2) is 70.6 Å². The van der Waals surface area contributed by atoms with Crippen molar-refractivity contribution in [1.82, 2.24) is 52.8 Å². The lowest BCUT2D eigenvalue weighted by Gasteiger charge is -2.45. The molecule has 490 valence electrons. The molecule has 6 aliphatic heterocycles. The second-order valence-corrected chi connectivity index (χ2v) is 30.6. The Bertz CT molecular complexity index is 3630. The van der Waals surface area contributed by atoms with Gasteiger partial charge in [-0.15, -0.1) is 23.5 Å². The van der Waals surface area contributed by atoms with Crippen molar-refractivity contribution in [3.63, 3.8) is 0 Å². The average molecular weight is 1330 g/mol. The molecular weight excluding hydrogens is 1260 g/mol. The third kappa shape index (κ3) is 14.9. The molecule has 3 aromatic heterocycles. The van der Waals surface area contributed by atoms with Gasteiger partial charge in [-0.1, -0.05) is 24.6 Å². The third-order valence-corrected chi connectivity index (χ3v) is 23.1. The first-order chi connectivity index (χ1) is 42.8. The maximum absolute atomic E-state index is 14.9. The number of alkyl halides is 6. The number of β-amino-alcohol motifs (C(OH)–C–C–N with tert-alkyl or cyclic N) is 1. The van der Waals surface area contributed by atoms with Gasteiger partial charge in [-0.05, 0) is 114 Å². The highest BCUT2D eigenvalue weighted by Gasteiger charge is 2.46. The van der Waals surface area contributed by atoms with E-state index in [0.29, 0.717) is 87.7 Å². The number of aliphatic hydroxyl groups is 2. The van der Waals surface area contributed by atoms with E-state index in [-0.39, 0.29) is 114 Å². The molecule has 0 aliphatic carbocycles. The van der Waals surface area contributed by atoms with Crippen LogP contribution in [-0.4, -0.2) is 206 Å². The van der Waals surface area contributed by atoms with Crippen molar-refractivity contribution in [2.24, 2.45) is 0 Å². The number of benzene rings is 2.